The Balaban J connectivity index is 2.46. The van der Waals surface area contributed by atoms with Gasteiger partial charge in [-0.15, -0.1) is 0 Å². The maximum Gasteiger partial charge on any atom is 0.243 e. The Hall–Kier alpha value is -1.07. The van der Waals surface area contributed by atoms with Gasteiger partial charge >= 0.3 is 0 Å². The minimum Gasteiger partial charge on any atom is -0.385 e. The molecule has 1 aliphatic rings. The molecule has 0 amide bonds. The average molecular weight is 310 g/mol. The van der Waals surface area contributed by atoms with Crippen LogP contribution in [0, 0.1) is 12.3 Å². The van der Waals surface area contributed by atoms with Gasteiger partial charge in [-0.05, 0) is 42.4 Å². The van der Waals surface area contributed by atoms with Gasteiger partial charge < -0.3 is 5.32 Å². The largest absolute Gasteiger partial charge is 0.385 e. The number of benzene rings is 1. The fourth-order valence-electron chi connectivity index (χ4n) is 2.88. The van der Waals surface area contributed by atoms with E-state index in [9.17, 15) is 8.42 Å². The molecule has 0 aliphatic carbocycles. The molecular formula is C16H26N2O2S. The second-order valence-electron chi connectivity index (χ2n) is 7.09. The first-order chi connectivity index (χ1) is 9.63. The number of nitrogens with one attached hydrogen (secondary N) is 1. The Kier molecular flexibility index (Phi) is 4.36. The number of sulfonamides is 1. The summed E-state index contributed by atoms with van der Waals surface area (Å²) in [6, 6.07) is 3.66. The smallest absolute Gasteiger partial charge is 0.243 e. The molecule has 21 heavy (non-hydrogen) atoms. The quantitative estimate of drug-likeness (QED) is 0.933. The van der Waals surface area contributed by atoms with E-state index in [-0.39, 0.29) is 5.41 Å². The van der Waals surface area contributed by atoms with E-state index >= 15 is 0 Å². The maximum absolute atomic E-state index is 12.9. The van der Waals surface area contributed by atoms with Crippen molar-refractivity contribution < 1.29 is 8.42 Å². The van der Waals surface area contributed by atoms with E-state index in [4.69, 9.17) is 0 Å². The molecule has 0 bridgehead atoms. The van der Waals surface area contributed by atoms with Crippen molar-refractivity contribution in [2.45, 2.75) is 45.4 Å². The zero-order valence-electron chi connectivity index (χ0n) is 13.7. The highest BCUT2D eigenvalue weighted by molar-refractivity contribution is 7.89. The highest BCUT2D eigenvalue weighted by Gasteiger charge is 2.29. The first-order valence-corrected chi connectivity index (χ1v) is 8.89. The molecule has 1 aliphatic heterocycles. The van der Waals surface area contributed by atoms with Gasteiger partial charge in [-0.25, -0.2) is 12.7 Å². The summed E-state index contributed by atoms with van der Waals surface area (Å²) in [5, 5.41) is 3.35. The first-order valence-electron chi connectivity index (χ1n) is 7.45. The van der Waals surface area contributed by atoms with Crippen molar-refractivity contribution in [3.05, 3.63) is 23.3 Å². The van der Waals surface area contributed by atoms with E-state index in [0.29, 0.717) is 11.4 Å². The zero-order chi connectivity index (χ0) is 15.8. The SMILES string of the molecule is Cc1ccc(S(=O)(=O)N(C)CC(C)(C)C)c2c1NCCC2. The number of anilines is 1. The van der Waals surface area contributed by atoms with Crippen LogP contribution in [-0.2, 0) is 16.4 Å². The van der Waals surface area contributed by atoms with Crippen molar-refractivity contribution in [2.24, 2.45) is 5.41 Å². The van der Waals surface area contributed by atoms with Crippen molar-refractivity contribution in [3.8, 4) is 0 Å². The molecule has 1 heterocycles. The van der Waals surface area contributed by atoms with Crippen LogP contribution in [0.3, 0.4) is 0 Å². The Morgan fingerprint density at radius 3 is 2.57 bits per heavy atom. The topological polar surface area (TPSA) is 49.4 Å². The van der Waals surface area contributed by atoms with Gasteiger partial charge in [-0.1, -0.05) is 26.8 Å². The van der Waals surface area contributed by atoms with Crippen LogP contribution < -0.4 is 5.32 Å². The van der Waals surface area contributed by atoms with Crippen LogP contribution in [0.4, 0.5) is 5.69 Å². The first kappa shape index (κ1) is 16.3. The van der Waals surface area contributed by atoms with Crippen LogP contribution in [0.25, 0.3) is 0 Å². The van der Waals surface area contributed by atoms with Crippen molar-refractivity contribution in [1.29, 1.82) is 0 Å². The molecule has 0 radical (unpaired) electrons. The second kappa shape index (κ2) is 5.61. The molecule has 0 saturated carbocycles. The number of hydrogen-bond donors (Lipinski definition) is 1. The lowest BCUT2D eigenvalue weighted by atomic mass is 9.97. The third-order valence-corrected chi connectivity index (χ3v) is 5.66. The van der Waals surface area contributed by atoms with Crippen molar-refractivity contribution in [3.63, 3.8) is 0 Å². The number of aryl methyl sites for hydroxylation is 1. The van der Waals surface area contributed by atoms with E-state index in [0.717, 1.165) is 36.2 Å². The summed E-state index contributed by atoms with van der Waals surface area (Å²) in [5.74, 6) is 0. The summed E-state index contributed by atoms with van der Waals surface area (Å²) < 4.78 is 27.3. The molecule has 5 heteroatoms. The summed E-state index contributed by atoms with van der Waals surface area (Å²) in [6.07, 6.45) is 1.80. The lowest BCUT2D eigenvalue weighted by molar-refractivity contribution is 0.310. The van der Waals surface area contributed by atoms with Gasteiger partial charge in [-0.2, -0.15) is 0 Å². The summed E-state index contributed by atoms with van der Waals surface area (Å²) in [5.41, 5.74) is 3.00. The fraction of sp³-hybridized carbons (Fsp3) is 0.625. The second-order valence-corrected chi connectivity index (χ2v) is 9.10. The Labute approximate surface area is 128 Å². The number of rotatable bonds is 3. The number of nitrogens with zero attached hydrogens (tertiary/aromatic N) is 1. The normalized spacial score (nSPS) is 15.7. The Morgan fingerprint density at radius 2 is 1.95 bits per heavy atom. The van der Waals surface area contributed by atoms with Gasteiger partial charge in [0.25, 0.3) is 0 Å². The van der Waals surface area contributed by atoms with Crippen LogP contribution in [0.2, 0.25) is 0 Å². The summed E-state index contributed by atoms with van der Waals surface area (Å²) >= 11 is 0. The zero-order valence-corrected chi connectivity index (χ0v) is 14.5. The van der Waals surface area contributed by atoms with Crippen molar-refractivity contribution in [1.82, 2.24) is 4.31 Å². The fourth-order valence-corrected chi connectivity index (χ4v) is 4.53. The van der Waals surface area contributed by atoms with Gasteiger partial charge in [0.1, 0.15) is 0 Å². The third kappa shape index (κ3) is 3.40. The van der Waals surface area contributed by atoms with Crippen LogP contribution in [0.5, 0.6) is 0 Å². The number of fused-ring (bicyclic) bond motifs is 1. The van der Waals surface area contributed by atoms with Gasteiger partial charge in [0, 0.05) is 25.8 Å². The van der Waals surface area contributed by atoms with E-state index in [1.54, 1.807) is 13.1 Å². The van der Waals surface area contributed by atoms with E-state index in [1.165, 1.54) is 4.31 Å². The van der Waals surface area contributed by atoms with E-state index < -0.39 is 10.0 Å². The molecule has 0 saturated heterocycles. The van der Waals surface area contributed by atoms with Gasteiger partial charge in [-0.3, -0.25) is 0 Å². The summed E-state index contributed by atoms with van der Waals surface area (Å²) in [6.45, 7) is 9.58. The Morgan fingerprint density at radius 1 is 1.29 bits per heavy atom. The molecule has 1 aromatic rings. The molecule has 1 N–H and O–H groups in total. The molecule has 2 rings (SSSR count). The molecule has 0 unspecified atom stereocenters. The molecular weight excluding hydrogens is 284 g/mol. The molecule has 1 aromatic carbocycles. The minimum atomic E-state index is -3.44. The van der Waals surface area contributed by atoms with Crippen molar-refractivity contribution in [2.75, 3.05) is 25.5 Å². The molecule has 4 nitrogen and oxygen atoms in total. The standard InChI is InChI=1S/C16H26N2O2S/c1-12-8-9-14(13-7-6-10-17-15(12)13)21(19,20)18(5)11-16(2,3)4/h8-9,17H,6-7,10-11H2,1-5H3. The van der Waals surface area contributed by atoms with Crippen LogP contribution in [-0.4, -0.2) is 32.9 Å². The minimum absolute atomic E-state index is 0.0647. The molecule has 0 fully saturated rings. The summed E-state index contributed by atoms with van der Waals surface area (Å²) in [4.78, 5) is 0.460. The van der Waals surface area contributed by atoms with E-state index in [1.807, 2.05) is 33.8 Å². The maximum atomic E-state index is 12.9. The highest BCUT2D eigenvalue weighted by atomic mass is 32.2. The Bertz CT molecular complexity index is 630. The highest BCUT2D eigenvalue weighted by Crippen LogP contribution is 2.33. The summed E-state index contributed by atoms with van der Waals surface area (Å²) in [7, 11) is -1.77. The molecule has 0 aromatic heterocycles. The van der Waals surface area contributed by atoms with E-state index in [2.05, 4.69) is 5.32 Å². The third-order valence-electron chi connectivity index (χ3n) is 3.77. The molecule has 118 valence electrons. The molecule has 0 atom stereocenters. The van der Waals surface area contributed by atoms with Gasteiger partial charge in [0.15, 0.2) is 0 Å². The van der Waals surface area contributed by atoms with Gasteiger partial charge in [0.05, 0.1) is 4.90 Å². The lowest BCUT2D eigenvalue weighted by Crippen LogP contribution is -2.35. The van der Waals surface area contributed by atoms with Crippen LogP contribution >= 0.6 is 0 Å². The average Bonchev–Trinajstić information content (AvgIpc) is 2.37. The predicted molar refractivity (Wildman–Crippen MR) is 87.3 cm³/mol. The van der Waals surface area contributed by atoms with Crippen LogP contribution in [0.1, 0.15) is 38.3 Å². The van der Waals surface area contributed by atoms with Gasteiger partial charge in [0.2, 0.25) is 10.0 Å². The van der Waals surface area contributed by atoms with Crippen LogP contribution in [0.15, 0.2) is 17.0 Å². The lowest BCUT2D eigenvalue weighted by Gasteiger charge is -2.29. The van der Waals surface area contributed by atoms with Crippen molar-refractivity contribution >= 4 is 15.7 Å². The number of hydrogen-bond acceptors (Lipinski definition) is 3. The predicted octanol–water partition coefficient (Wildman–Crippen LogP) is 3.02. The monoisotopic (exact) mass is 310 g/mol. The molecule has 0 spiro atoms.